The molecule has 0 radical (unpaired) electrons. The fourth-order valence-electron chi connectivity index (χ4n) is 1.63. The molecule has 19 heavy (non-hydrogen) atoms. The molecule has 0 unspecified atom stereocenters. The molecule has 0 saturated heterocycles. The molecule has 1 aromatic heterocycles. The summed E-state index contributed by atoms with van der Waals surface area (Å²) in [4.78, 5) is 2.42. The molecule has 7 heteroatoms. The van der Waals surface area contributed by atoms with E-state index in [0.29, 0.717) is 17.9 Å². The second kappa shape index (κ2) is 5.20. The molecule has 1 heterocycles. The molecule has 0 amide bonds. The number of hydrogen-bond donors (Lipinski definition) is 3. The lowest BCUT2D eigenvalue weighted by Gasteiger charge is -2.09. The van der Waals surface area contributed by atoms with Crippen molar-refractivity contribution in [1.82, 2.24) is 0 Å². The monoisotopic (exact) mass is 297 g/mol. The quantitative estimate of drug-likeness (QED) is 0.751. The van der Waals surface area contributed by atoms with Gasteiger partial charge in [-0.2, -0.15) is 0 Å². The summed E-state index contributed by atoms with van der Waals surface area (Å²) in [5, 5.41) is 8.21. The Hall–Kier alpha value is -1.57. The first-order valence-electron chi connectivity index (χ1n) is 5.58. The molecule has 0 aliphatic rings. The van der Waals surface area contributed by atoms with Crippen LogP contribution in [0.25, 0.3) is 0 Å². The molecule has 5 nitrogen and oxygen atoms in total. The van der Waals surface area contributed by atoms with Crippen LogP contribution in [-0.2, 0) is 16.6 Å². The van der Waals surface area contributed by atoms with E-state index in [9.17, 15) is 8.42 Å². The standard InChI is InChI=1S/C12H15N3O2S2/c1-8-2-3-9(18-8)7-15-12-6-10(19(14,16)17)4-5-11(12)13/h2-6,15H,7,13H2,1H3,(H2,14,16,17). The van der Waals surface area contributed by atoms with E-state index in [1.165, 1.54) is 23.1 Å². The van der Waals surface area contributed by atoms with Crippen molar-refractivity contribution >= 4 is 32.7 Å². The minimum absolute atomic E-state index is 0.0477. The van der Waals surface area contributed by atoms with Crippen LogP contribution in [0.15, 0.2) is 35.2 Å². The SMILES string of the molecule is Cc1ccc(CNc2cc(S(N)(=O)=O)ccc2N)s1. The van der Waals surface area contributed by atoms with E-state index in [-0.39, 0.29) is 4.90 Å². The Bertz CT molecular complexity index is 693. The van der Waals surface area contributed by atoms with Gasteiger partial charge in [0, 0.05) is 16.3 Å². The summed E-state index contributed by atoms with van der Waals surface area (Å²) in [6, 6.07) is 8.43. The van der Waals surface area contributed by atoms with Gasteiger partial charge in [0.25, 0.3) is 0 Å². The third-order valence-corrected chi connectivity index (χ3v) is 4.51. The topological polar surface area (TPSA) is 98.2 Å². The van der Waals surface area contributed by atoms with Gasteiger partial charge in [-0.3, -0.25) is 0 Å². The van der Waals surface area contributed by atoms with Crippen molar-refractivity contribution in [3.63, 3.8) is 0 Å². The van der Waals surface area contributed by atoms with E-state index >= 15 is 0 Å². The first-order valence-corrected chi connectivity index (χ1v) is 7.94. The van der Waals surface area contributed by atoms with Gasteiger partial charge in [0.15, 0.2) is 0 Å². The molecule has 0 atom stereocenters. The summed E-state index contributed by atoms with van der Waals surface area (Å²) < 4.78 is 22.6. The number of nitrogen functional groups attached to an aromatic ring is 1. The molecule has 102 valence electrons. The lowest BCUT2D eigenvalue weighted by atomic mass is 10.2. The van der Waals surface area contributed by atoms with Crippen molar-refractivity contribution in [2.24, 2.45) is 5.14 Å². The zero-order valence-corrected chi connectivity index (χ0v) is 12.0. The number of rotatable bonds is 4. The molecule has 0 fully saturated rings. The van der Waals surface area contributed by atoms with E-state index in [4.69, 9.17) is 10.9 Å². The number of anilines is 2. The molecule has 0 saturated carbocycles. The van der Waals surface area contributed by atoms with Gasteiger partial charge in [-0.1, -0.05) is 0 Å². The van der Waals surface area contributed by atoms with Crippen molar-refractivity contribution in [2.75, 3.05) is 11.1 Å². The zero-order chi connectivity index (χ0) is 14.0. The molecule has 0 bridgehead atoms. The molecule has 2 rings (SSSR count). The molecular weight excluding hydrogens is 282 g/mol. The molecule has 0 spiro atoms. The van der Waals surface area contributed by atoms with Crippen molar-refractivity contribution in [3.8, 4) is 0 Å². The molecule has 1 aromatic carbocycles. The van der Waals surface area contributed by atoms with E-state index in [2.05, 4.69) is 5.32 Å². The van der Waals surface area contributed by atoms with Crippen LogP contribution in [-0.4, -0.2) is 8.42 Å². The van der Waals surface area contributed by atoms with Gasteiger partial charge >= 0.3 is 0 Å². The van der Waals surface area contributed by atoms with Gasteiger partial charge in [-0.05, 0) is 37.3 Å². The number of thiophene rings is 1. The summed E-state index contributed by atoms with van der Waals surface area (Å²) >= 11 is 1.68. The van der Waals surface area contributed by atoms with Gasteiger partial charge in [0.05, 0.1) is 16.3 Å². The second-order valence-electron chi connectivity index (χ2n) is 4.16. The largest absolute Gasteiger partial charge is 0.397 e. The molecule has 0 aliphatic carbocycles. The zero-order valence-electron chi connectivity index (χ0n) is 10.4. The first-order chi connectivity index (χ1) is 8.86. The number of hydrogen-bond acceptors (Lipinski definition) is 5. The average molecular weight is 297 g/mol. The Balaban J connectivity index is 2.20. The number of benzene rings is 1. The number of nitrogens with two attached hydrogens (primary N) is 2. The van der Waals surface area contributed by atoms with Crippen LogP contribution in [0.3, 0.4) is 0 Å². The highest BCUT2D eigenvalue weighted by Gasteiger charge is 2.10. The smallest absolute Gasteiger partial charge is 0.238 e. The Morgan fingerprint density at radius 2 is 2.00 bits per heavy atom. The fraction of sp³-hybridized carbons (Fsp3) is 0.167. The summed E-state index contributed by atoms with van der Waals surface area (Å²) in [6.07, 6.45) is 0. The third-order valence-electron chi connectivity index (χ3n) is 2.60. The highest BCUT2D eigenvalue weighted by Crippen LogP contribution is 2.24. The van der Waals surface area contributed by atoms with Gasteiger partial charge < -0.3 is 11.1 Å². The molecule has 2 aromatic rings. The maximum absolute atomic E-state index is 11.3. The Morgan fingerprint density at radius 1 is 1.26 bits per heavy atom. The number of nitrogens with one attached hydrogen (secondary N) is 1. The Labute approximate surface area is 116 Å². The average Bonchev–Trinajstić information content (AvgIpc) is 2.72. The second-order valence-corrected chi connectivity index (χ2v) is 7.09. The lowest BCUT2D eigenvalue weighted by Crippen LogP contribution is -2.13. The predicted molar refractivity (Wildman–Crippen MR) is 78.6 cm³/mol. The van der Waals surface area contributed by atoms with Crippen LogP contribution in [0.4, 0.5) is 11.4 Å². The van der Waals surface area contributed by atoms with Crippen molar-refractivity contribution in [2.45, 2.75) is 18.4 Å². The van der Waals surface area contributed by atoms with Crippen molar-refractivity contribution < 1.29 is 8.42 Å². The van der Waals surface area contributed by atoms with E-state index < -0.39 is 10.0 Å². The Morgan fingerprint density at radius 3 is 2.58 bits per heavy atom. The van der Waals surface area contributed by atoms with Crippen LogP contribution >= 0.6 is 11.3 Å². The van der Waals surface area contributed by atoms with Crippen LogP contribution in [0.1, 0.15) is 9.75 Å². The minimum atomic E-state index is -3.71. The maximum atomic E-state index is 11.3. The summed E-state index contributed by atoms with van der Waals surface area (Å²) in [5.41, 5.74) is 6.86. The lowest BCUT2D eigenvalue weighted by molar-refractivity contribution is 0.598. The fourth-order valence-corrected chi connectivity index (χ4v) is 3.00. The number of primary sulfonamides is 1. The van der Waals surface area contributed by atoms with E-state index in [1.807, 2.05) is 19.1 Å². The van der Waals surface area contributed by atoms with Crippen LogP contribution < -0.4 is 16.2 Å². The van der Waals surface area contributed by atoms with E-state index in [0.717, 1.165) is 4.88 Å². The first kappa shape index (κ1) is 13.9. The van der Waals surface area contributed by atoms with Gasteiger partial charge in [-0.15, -0.1) is 11.3 Å². The van der Waals surface area contributed by atoms with Crippen LogP contribution in [0, 0.1) is 6.92 Å². The summed E-state index contributed by atoms with van der Waals surface area (Å²) in [6.45, 7) is 2.63. The third kappa shape index (κ3) is 3.46. The highest BCUT2D eigenvalue weighted by molar-refractivity contribution is 7.89. The Kier molecular flexibility index (Phi) is 3.79. The number of sulfonamides is 1. The minimum Gasteiger partial charge on any atom is -0.397 e. The maximum Gasteiger partial charge on any atom is 0.238 e. The van der Waals surface area contributed by atoms with Crippen molar-refractivity contribution in [3.05, 3.63) is 40.1 Å². The van der Waals surface area contributed by atoms with Gasteiger partial charge in [0.1, 0.15) is 0 Å². The summed E-state index contributed by atoms with van der Waals surface area (Å²) in [5.74, 6) is 0. The number of aryl methyl sites for hydroxylation is 1. The van der Waals surface area contributed by atoms with E-state index in [1.54, 1.807) is 11.3 Å². The molecule has 5 N–H and O–H groups in total. The van der Waals surface area contributed by atoms with Crippen LogP contribution in [0.2, 0.25) is 0 Å². The predicted octanol–water partition coefficient (Wildman–Crippen LogP) is 1.90. The highest BCUT2D eigenvalue weighted by atomic mass is 32.2. The molecule has 0 aliphatic heterocycles. The summed E-state index contributed by atoms with van der Waals surface area (Å²) in [7, 11) is -3.71. The molecular formula is C12H15N3O2S2. The normalized spacial score (nSPS) is 11.5. The van der Waals surface area contributed by atoms with Crippen molar-refractivity contribution in [1.29, 1.82) is 0 Å². The van der Waals surface area contributed by atoms with Gasteiger partial charge in [0.2, 0.25) is 10.0 Å². The van der Waals surface area contributed by atoms with Crippen LogP contribution in [0.5, 0.6) is 0 Å². The van der Waals surface area contributed by atoms with Gasteiger partial charge in [-0.25, -0.2) is 13.6 Å².